The Balaban J connectivity index is 1.44. The quantitative estimate of drug-likeness (QED) is 0.178. The van der Waals surface area contributed by atoms with Crippen molar-refractivity contribution in [3.63, 3.8) is 0 Å². The van der Waals surface area contributed by atoms with Crippen LogP contribution in [0.5, 0.6) is 5.75 Å². The van der Waals surface area contributed by atoms with Gasteiger partial charge >= 0.3 is 0 Å². The maximum absolute atomic E-state index is 6.29. The van der Waals surface area contributed by atoms with E-state index >= 15 is 0 Å². The Morgan fingerprint density at radius 1 is 0.730 bits per heavy atom. The average Bonchev–Trinajstić information content (AvgIpc) is 2.94. The molecule has 37 heavy (non-hydrogen) atoms. The van der Waals surface area contributed by atoms with Gasteiger partial charge in [-0.05, 0) is 48.8 Å². The lowest BCUT2D eigenvalue weighted by Gasteiger charge is -2.28. The van der Waals surface area contributed by atoms with Gasteiger partial charge in [-0.25, -0.2) is 9.97 Å². The standard InChI is InChI=1S/C34H54N2O/c1-3-5-7-8-9-10-11-12-16-26-37-33-19-15-14-18-32(33)34-31(27-35-28-36-34)25-24-30-22-20-29(21-23-30)17-13-6-4-2/h14-15,18-19,27-30H,3-13,16-17,20-26H2,1-2H3. The minimum absolute atomic E-state index is 0.786. The van der Waals surface area contributed by atoms with Crippen LogP contribution < -0.4 is 4.74 Å². The van der Waals surface area contributed by atoms with E-state index < -0.39 is 0 Å². The molecule has 3 heteroatoms. The monoisotopic (exact) mass is 506 g/mol. The van der Waals surface area contributed by atoms with Crippen molar-refractivity contribution in [1.29, 1.82) is 0 Å². The molecule has 0 bridgehead atoms. The van der Waals surface area contributed by atoms with Gasteiger partial charge in [0, 0.05) is 11.8 Å². The molecule has 0 spiro atoms. The zero-order valence-corrected chi connectivity index (χ0v) is 24.1. The molecule has 1 aliphatic rings. The second kappa shape index (κ2) is 18.4. The first-order valence-electron chi connectivity index (χ1n) is 15.8. The fraction of sp³-hybridized carbons (Fsp3) is 0.706. The van der Waals surface area contributed by atoms with Gasteiger partial charge in [0.05, 0.1) is 12.3 Å². The lowest BCUT2D eigenvalue weighted by molar-refractivity contribution is 0.249. The third kappa shape index (κ3) is 11.2. The van der Waals surface area contributed by atoms with Crippen LogP contribution in [-0.4, -0.2) is 16.6 Å². The van der Waals surface area contributed by atoms with Gasteiger partial charge in [-0.15, -0.1) is 0 Å². The van der Waals surface area contributed by atoms with Crippen molar-refractivity contribution in [2.75, 3.05) is 6.61 Å². The number of unbranched alkanes of at least 4 members (excludes halogenated alkanes) is 10. The van der Waals surface area contributed by atoms with Crippen LogP contribution in [0.4, 0.5) is 0 Å². The maximum Gasteiger partial charge on any atom is 0.128 e. The zero-order chi connectivity index (χ0) is 26.0. The first-order chi connectivity index (χ1) is 18.3. The molecule has 206 valence electrons. The molecule has 1 aliphatic carbocycles. The fourth-order valence-electron chi connectivity index (χ4n) is 6.02. The van der Waals surface area contributed by atoms with Crippen molar-refractivity contribution in [2.45, 2.75) is 136 Å². The van der Waals surface area contributed by atoms with Gasteiger partial charge in [0.15, 0.2) is 0 Å². The van der Waals surface area contributed by atoms with Crippen LogP contribution >= 0.6 is 0 Å². The Bertz CT molecular complexity index is 843. The summed E-state index contributed by atoms with van der Waals surface area (Å²) in [6, 6.07) is 8.45. The van der Waals surface area contributed by atoms with Gasteiger partial charge in [-0.2, -0.15) is 0 Å². The van der Waals surface area contributed by atoms with Crippen molar-refractivity contribution in [3.8, 4) is 17.0 Å². The van der Waals surface area contributed by atoms with E-state index in [1.54, 1.807) is 6.33 Å². The summed E-state index contributed by atoms with van der Waals surface area (Å²) < 4.78 is 6.29. The molecule has 0 saturated heterocycles. The van der Waals surface area contributed by atoms with Crippen molar-refractivity contribution >= 4 is 0 Å². The Morgan fingerprint density at radius 2 is 1.35 bits per heavy atom. The summed E-state index contributed by atoms with van der Waals surface area (Å²) in [7, 11) is 0. The first-order valence-corrected chi connectivity index (χ1v) is 15.8. The number of hydrogen-bond donors (Lipinski definition) is 0. The highest BCUT2D eigenvalue weighted by atomic mass is 16.5. The van der Waals surface area contributed by atoms with E-state index in [2.05, 4.69) is 43.1 Å². The van der Waals surface area contributed by atoms with Crippen LogP contribution in [-0.2, 0) is 6.42 Å². The van der Waals surface area contributed by atoms with Gasteiger partial charge in [0.1, 0.15) is 12.1 Å². The average molecular weight is 507 g/mol. The highest BCUT2D eigenvalue weighted by Gasteiger charge is 2.21. The molecule has 1 saturated carbocycles. The molecule has 2 aromatic rings. The molecule has 1 fully saturated rings. The fourth-order valence-corrected chi connectivity index (χ4v) is 6.02. The maximum atomic E-state index is 6.29. The Morgan fingerprint density at radius 3 is 2.08 bits per heavy atom. The Kier molecular flexibility index (Phi) is 14.7. The van der Waals surface area contributed by atoms with Gasteiger partial charge in [0.2, 0.25) is 0 Å². The zero-order valence-electron chi connectivity index (χ0n) is 24.1. The van der Waals surface area contributed by atoms with Gasteiger partial charge in [0.25, 0.3) is 0 Å². The molecule has 0 N–H and O–H groups in total. The number of nitrogens with zero attached hydrogens (tertiary/aromatic N) is 2. The van der Waals surface area contributed by atoms with Crippen molar-refractivity contribution in [1.82, 2.24) is 9.97 Å². The summed E-state index contributed by atoms with van der Waals surface area (Å²) in [6.07, 6.45) is 29.3. The van der Waals surface area contributed by atoms with E-state index in [0.29, 0.717) is 0 Å². The molecular formula is C34H54N2O. The molecule has 0 radical (unpaired) electrons. The molecular weight excluding hydrogens is 452 g/mol. The predicted octanol–water partition coefficient (Wildman–Crippen LogP) is 10.4. The summed E-state index contributed by atoms with van der Waals surface area (Å²) >= 11 is 0. The van der Waals surface area contributed by atoms with Crippen LogP contribution in [0.1, 0.15) is 135 Å². The molecule has 3 nitrogen and oxygen atoms in total. The number of hydrogen-bond acceptors (Lipinski definition) is 3. The minimum Gasteiger partial charge on any atom is -0.493 e. The van der Waals surface area contributed by atoms with Gasteiger partial charge in [-0.3, -0.25) is 0 Å². The highest BCUT2D eigenvalue weighted by Crippen LogP contribution is 2.36. The second-order valence-corrected chi connectivity index (χ2v) is 11.5. The highest BCUT2D eigenvalue weighted by molar-refractivity contribution is 5.69. The number of ether oxygens (including phenoxy) is 1. The molecule has 0 aliphatic heterocycles. The lowest BCUT2D eigenvalue weighted by Crippen LogP contribution is -2.15. The molecule has 1 aromatic carbocycles. The number of benzene rings is 1. The summed E-state index contributed by atoms with van der Waals surface area (Å²) in [5.41, 5.74) is 3.45. The minimum atomic E-state index is 0.786. The molecule has 0 atom stereocenters. The third-order valence-electron chi connectivity index (χ3n) is 8.44. The number of rotatable bonds is 19. The number of aromatic nitrogens is 2. The lowest BCUT2D eigenvalue weighted by atomic mass is 9.77. The Labute approximate surface area is 228 Å². The van der Waals surface area contributed by atoms with Crippen LogP contribution in [0.15, 0.2) is 36.8 Å². The van der Waals surface area contributed by atoms with Crippen molar-refractivity contribution in [3.05, 3.63) is 42.4 Å². The molecule has 1 heterocycles. The topological polar surface area (TPSA) is 35.0 Å². The smallest absolute Gasteiger partial charge is 0.128 e. The summed E-state index contributed by atoms with van der Waals surface area (Å²) in [4.78, 5) is 9.13. The van der Waals surface area contributed by atoms with Crippen LogP contribution in [0, 0.1) is 11.8 Å². The molecule has 0 unspecified atom stereocenters. The van der Waals surface area contributed by atoms with Gasteiger partial charge < -0.3 is 4.74 Å². The summed E-state index contributed by atoms with van der Waals surface area (Å²) in [6.45, 7) is 5.38. The predicted molar refractivity (Wildman–Crippen MR) is 158 cm³/mol. The number of aryl methyl sites for hydroxylation is 1. The number of para-hydroxylation sites is 1. The van der Waals surface area contributed by atoms with E-state index in [9.17, 15) is 0 Å². The molecule has 3 rings (SSSR count). The van der Waals surface area contributed by atoms with E-state index in [1.807, 2.05) is 6.20 Å². The normalized spacial score (nSPS) is 17.7. The van der Waals surface area contributed by atoms with Crippen molar-refractivity contribution in [2.24, 2.45) is 11.8 Å². The SMILES string of the molecule is CCCCCCCCCCCOc1ccccc1-c1ncncc1CCC1CCC(CCCCC)CC1. The van der Waals surface area contributed by atoms with Gasteiger partial charge in [-0.1, -0.05) is 129 Å². The van der Waals surface area contributed by atoms with E-state index in [1.165, 1.54) is 115 Å². The van der Waals surface area contributed by atoms with Crippen LogP contribution in [0.3, 0.4) is 0 Å². The van der Waals surface area contributed by atoms with Crippen LogP contribution in [0.2, 0.25) is 0 Å². The van der Waals surface area contributed by atoms with E-state index in [-0.39, 0.29) is 0 Å². The van der Waals surface area contributed by atoms with E-state index in [4.69, 9.17) is 9.72 Å². The van der Waals surface area contributed by atoms with E-state index in [0.717, 1.165) is 48.3 Å². The summed E-state index contributed by atoms with van der Waals surface area (Å²) in [5.74, 6) is 2.80. The largest absolute Gasteiger partial charge is 0.493 e. The van der Waals surface area contributed by atoms with Crippen molar-refractivity contribution < 1.29 is 4.74 Å². The third-order valence-corrected chi connectivity index (χ3v) is 8.44. The second-order valence-electron chi connectivity index (χ2n) is 11.5. The molecule has 1 aromatic heterocycles. The van der Waals surface area contributed by atoms with Crippen LogP contribution in [0.25, 0.3) is 11.3 Å². The first kappa shape index (κ1) is 29.7. The summed E-state index contributed by atoms with van der Waals surface area (Å²) in [5, 5.41) is 0. The Hall–Kier alpha value is -1.90. The molecule has 0 amide bonds.